The molecule has 0 bridgehead atoms. The molecule has 88 valence electrons. The quantitative estimate of drug-likeness (QED) is 0.780. The molecule has 0 amide bonds. The third kappa shape index (κ3) is 3.00. The fraction of sp³-hybridized carbons (Fsp3) is 0.200. The summed E-state index contributed by atoms with van der Waals surface area (Å²) in [7, 11) is 0. The van der Waals surface area contributed by atoms with Crippen molar-refractivity contribution in [2.24, 2.45) is 0 Å². The minimum atomic E-state index is -1.06. The van der Waals surface area contributed by atoms with Crippen molar-refractivity contribution >= 4 is 11.9 Å². The lowest BCUT2D eigenvalue weighted by Gasteiger charge is -2.05. The van der Waals surface area contributed by atoms with Gasteiger partial charge >= 0.3 is 5.97 Å². The lowest BCUT2D eigenvalue weighted by atomic mass is 10.4. The molecule has 0 saturated heterocycles. The van der Waals surface area contributed by atoms with Crippen LogP contribution in [-0.4, -0.2) is 37.1 Å². The number of nitrogens with one attached hydrogen (secondary N) is 1. The lowest BCUT2D eigenvalue weighted by Crippen LogP contribution is -2.12. The van der Waals surface area contributed by atoms with Gasteiger partial charge in [0.25, 0.3) is 0 Å². The normalized spacial score (nSPS) is 10.1. The van der Waals surface area contributed by atoms with Gasteiger partial charge in [-0.25, -0.2) is 19.7 Å². The van der Waals surface area contributed by atoms with Gasteiger partial charge in [-0.05, 0) is 6.07 Å². The molecule has 2 aromatic heterocycles. The molecule has 0 spiro atoms. The van der Waals surface area contributed by atoms with E-state index in [1.165, 1.54) is 12.3 Å². The van der Waals surface area contributed by atoms with Crippen LogP contribution in [-0.2, 0) is 6.54 Å². The average molecular weight is 233 g/mol. The Morgan fingerprint density at radius 1 is 1.47 bits per heavy atom. The molecule has 0 aliphatic heterocycles. The number of anilines is 1. The summed E-state index contributed by atoms with van der Waals surface area (Å²) in [6.07, 6.45) is 6.66. The van der Waals surface area contributed by atoms with Crippen molar-refractivity contribution in [1.82, 2.24) is 19.5 Å². The minimum absolute atomic E-state index is 0.0230. The number of carbonyl (C=O) groups is 1. The molecule has 17 heavy (non-hydrogen) atoms. The highest BCUT2D eigenvalue weighted by Gasteiger charge is 2.05. The molecule has 2 heterocycles. The fourth-order valence-corrected chi connectivity index (χ4v) is 1.28. The lowest BCUT2D eigenvalue weighted by molar-refractivity contribution is 0.0690. The smallest absolute Gasteiger partial charge is 0.354 e. The van der Waals surface area contributed by atoms with Crippen LogP contribution >= 0.6 is 0 Å². The third-order valence-corrected chi connectivity index (χ3v) is 2.09. The van der Waals surface area contributed by atoms with E-state index in [0.29, 0.717) is 19.0 Å². The molecule has 0 radical (unpaired) electrons. The summed E-state index contributed by atoms with van der Waals surface area (Å²) in [6, 6.07) is 1.35. The highest BCUT2D eigenvalue weighted by Crippen LogP contribution is 2.00. The summed E-state index contributed by atoms with van der Waals surface area (Å²) in [5.41, 5.74) is -0.0230. The summed E-state index contributed by atoms with van der Waals surface area (Å²) in [6.45, 7) is 1.31. The van der Waals surface area contributed by atoms with Crippen LogP contribution in [0.2, 0.25) is 0 Å². The molecule has 7 heteroatoms. The van der Waals surface area contributed by atoms with Crippen molar-refractivity contribution in [2.75, 3.05) is 11.9 Å². The summed E-state index contributed by atoms with van der Waals surface area (Å²) < 4.78 is 1.90. The van der Waals surface area contributed by atoms with Gasteiger partial charge in [-0.3, -0.25) is 0 Å². The van der Waals surface area contributed by atoms with E-state index in [0.717, 1.165) is 0 Å². The van der Waals surface area contributed by atoms with Crippen LogP contribution in [0.5, 0.6) is 0 Å². The van der Waals surface area contributed by atoms with E-state index in [1.54, 1.807) is 12.5 Å². The Morgan fingerprint density at radius 3 is 3.06 bits per heavy atom. The predicted octanol–water partition coefficient (Wildman–Crippen LogP) is 0.483. The Balaban J connectivity index is 1.90. The van der Waals surface area contributed by atoms with Gasteiger partial charge < -0.3 is 15.0 Å². The van der Waals surface area contributed by atoms with Crippen molar-refractivity contribution < 1.29 is 9.90 Å². The zero-order valence-corrected chi connectivity index (χ0v) is 8.95. The van der Waals surface area contributed by atoms with Crippen molar-refractivity contribution in [3.8, 4) is 0 Å². The number of carboxylic acid groups (broad SMARTS) is 1. The maximum Gasteiger partial charge on any atom is 0.354 e. The Labute approximate surface area is 97.2 Å². The largest absolute Gasteiger partial charge is 0.477 e. The number of imidazole rings is 1. The van der Waals surface area contributed by atoms with Crippen LogP contribution in [0.3, 0.4) is 0 Å². The van der Waals surface area contributed by atoms with Crippen LogP contribution in [0.15, 0.2) is 31.0 Å². The summed E-state index contributed by atoms with van der Waals surface area (Å²) in [5.74, 6) is -0.755. The number of aromatic nitrogens is 4. The number of hydrogen-bond acceptors (Lipinski definition) is 5. The van der Waals surface area contributed by atoms with E-state index in [9.17, 15) is 4.79 Å². The van der Waals surface area contributed by atoms with Crippen LogP contribution in [0.4, 0.5) is 5.95 Å². The van der Waals surface area contributed by atoms with Gasteiger partial charge in [0.15, 0.2) is 5.69 Å². The van der Waals surface area contributed by atoms with Crippen molar-refractivity contribution in [3.05, 3.63) is 36.7 Å². The monoisotopic (exact) mass is 233 g/mol. The number of hydrogen-bond donors (Lipinski definition) is 2. The van der Waals surface area contributed by atoms with Crippen molar-refractivity contribution in [1.29, 1.82) is 0 Å². The van der Waals surface area contributed by atoms with Crippen LogP contribution in [0, 0.1) is 0 Å². The highest BCUT2D eigenvalue weighted by molar-refractivity contribution is 5.85. The van der Waals surface area contributed by atoms with Crippen molar-refractivity contribution in [3.63, 3.8) is 0 Å². The number of nitrogens with zero attached hydrogens (tertiary/aromatic N) is 4. The first kappa shape index (κ1) is 11.1. The number of rotatable bonds is 5. The molecular weight excluding hydrogens is 222 g/mol. The zero-order chi connectivity index (χ0) is 12.1. The maximum atomic E-state index is 10.7. The van der Waals surface area contributed by atoms with Crippen LogP contribution in [0.1, 0.15) is 10.5 Å². The molecule has 0 fully saturated rings. The van der Waals surface area contributed by atoms with Gasteiger partial charge in [0, 0.05) is 31.7 Å². The van der Waals surface area contributed by atoms with E-state index in [1.807, 2.05) is 10.8 Å². The van der Waals surface area contributed by atoms with Gasteiger partial charge in [-0.15, -0.1) is 0 Å². The molecule has 2 rings (SSSR count). The predicted molar refractivity (Wildman–Crippen MR) is 59.7 cm³/mol. The minimum Gasteiger partial charge on any atom is -0.477 e. The second-order valence-electron chi connectivity index (χ2n) is 3.30. The number of aromatic carboxylic acids is 1. The van der Waals surface area contributed by atoms with Gasteiger partial charge in [-0.1, -0.05) is 0 Å². The first-order chi connectivity index (χ1) is 8.25. The average Bonchev–Trinajstić information content (AvgIpc) is 2.82. The summed E-state index contributed by atoms with van der Waals surface area (Å²) >= 11 is 0. The standard InChI is InChI=1S/C10H11N5O2/c16-9(17)8-1-2-12-10(14-8)13-4-6-15-5-3-11-7-15/h1-3,5,7H,4,6H2,(H,16,17)(H,12,13,14). The van der Waals surface area contributed by atoms with E-state index >= 15 is 0 Å². The van der Waals surface area contributed by atoms with Crippen LogP contribution < -0.4 is 5.32 Å². The maximum absolute atomic E-state index is 10.7. The molecule has 0 aromatic carbocycles. The molecule has 0 aliphatic rings. The Bertz CT molecular complexity index is 497. The Hall–Kier alpha value is -2.44. The molecule has 2 N–H and O–H groups in total. The SMILES string of the molecule is O=C(O)c1ccnc(NCCn2ccnc2)n1. The topological polar surface area (TPSA) is 92.9 Å². The second kappa shape index (κ2) is 5.06. The Morgan fingerprint density at radius 2 is 2.35 bits per heavy atom. The molecule has 0 saturated carbocycles. The van der Waals surface area contributed by atoms with Crippen LogP contribution in [0.25, 0.3) is 0 Å². The van der Waals surface area contributed by atoms with E-state index in [2.05, 4.69) is 20.3 Å². The Kier molecular flexibility index (Phi) is 3.29. The second-order valence-corrected chi connectivity index (χ2v) is 3.30. The summed E-state index contributed by atoms with van der Waals surface area (Å²) in [5, 5.41) is 11.7. The van der Waals surface area contributed by atoms with E-state index in [-0.39, 0.29) is 5.69 Å². The van der Waals surface area contributed by atoms with E-state index in [4.69, 9.17) is 5.11 Å². The van der Waals surface area contributed by atoms with Crippen molar-refractivity contribution in [2.45, 2.75) is 6.54 Å². The molecule has 0 atom stereocenters. The zero-order valence-electron chi connectivity index (χ0n) is 8.95. The fourth-order valence-electron chi connectivity index (χ4n) is 1.28. The first-order valence-electron chi connectivity index (χ1n) is 5.01. The molecule has 7 nitrogen and oxygen atoms in total. The van der Waals surface area contributed by atoms with Gasteiger partial charge in [0.05, 0.1) is 6.33 Å². The summed E-state index contributed by atoms with van der Waals surface area (Å²) in [4.78, 5) is 22.4. The number of carboxylic acids is 1. The van der Waals surface area contributed by atoms with E-state index < -0.39 is 5.97 Å². The molecule has 0 unspecified atom stereocenters. The first-order valence-corrected chi connectivity index (χ1v) is 5.01. The molecule has 2 aromatic rings. The van der Waals surface area contributed by atoms with Gasteiger partial charge in [0.1, 0.15) is 0 Å². The van der Waals surface area contributed by atoms with Gasteiger partial charge in [0.2, 0.25) is 5.95 Å². The third-order valence-electron chi connectivity index (χ3n) is 2.09. The molecular formula is C10H11N5O2. The molecule has 0 aliphatic carbocycles. The highest BCUT2D eigenvalue weighted by atomic mass is 16.4. The van der Waals surface area contributed by atoms with Gasteiger partial charge in [-0.2, -0.15) is 0 Å².